The van der Waals surface area contributed by atoms with Crippen LogP contribution in [0.3, 0.4) is 0 Å². The Hall–Kier alpha value is -2.68. The monoisotopic (exact) mass is 431 g/mol. The maximum atomic E-state index is 13.6. The number of aryl methyl sites for hydroxylation is 1. The number of halogens is 1. The lowest BCUT2D eigenvalue weighted by Crippen LogP contribution is -2.42. The SMILES string of the molecule is Cc1ccc([N+](=O)[O-])cc1S(=O)(=O)N1CCn2cccc2[C@@H]1c1ccc(Cl)cc1. The van der Waals surface area contributed by atoms with Gasteiger partial charge in [0.15, 0.2) is 0 Å². The first-order valence-corrected chi connectivity index (χ1v) is 10.8. The van der Waals surface area contributed by atoms with Crippen LogP contribution in [0.15, 0.2) is 65.7 Å². The molecular weight excluding hydrogens is 414 g/mol. The average Bonchev–Trinajstić information content (AvgIpc) is 3.16. The van der Waals surface area contributed by atoms with E-state index in [1.54, 1.807) is 31.2 Å². The van der Waals surface area contributed by atoms with Gasteiger partial charge in [-0.2, -0.15) is 4.31 Å². The van der Waals surface area contributed by atoms with Gasteiger partial charge in [-0.25, -0.2) is 8.42 Å². The van der Waals surface area contributed by atoms with Gasteiger partial charge in [-0.1, -0.05) is 29.8 Å². The summed E-state index contributed by atoms with van der Waals surface area (Å²) in [6.07, 6.45) is 1.92. The summed E-state index contributed by atoms with van der Waals surface area (Å²) in [6.45, 7) is 2.39. The first-order valence-electron chi connectivity index (χ1n) is 8.96. The Morgan fingerprint density at radius 1 is 1.10 bits per heavy atom. The van der Waals surface area contributed by atoms with E-state index in [-0.39, 0.29) is 17.1 Å². The van der Waals surface area contributed by atoms with Crippen LogP contribution in [0.25, 0.3) is 0 Å². The van der Waals surface area contributed by atoms with Gasteiger partial charge in [0.25, 0.3) is 5.69 Å². The molecule has 4 rings (SSSR count). The first kappa shape index (κ1) is 19.6. The number of aromatic nitrogens is 1. The van der Waals surface area contributed by atoms with Gasteiger partial charge in [0, 0.05) is 42.1 Å². The van der Waals surface area contributed by atoms with Crippen LogP contribution in [-0.4, -0.2) is 28.8 Å². The number of sulfonamides is 1. The molecule has 0 saturated carbocycles. The Morgan fingerprint density at radius 2 is 1.83 bits per heavy atom. The lowest BCUT2D eigenvalue weighted by atomic mass is 10.0. The van der Waals surface area contributed by atoms with E-state index in [1.165, 1.54) is 16.4 Å². The van der Waals surface area contributed by atoms with Crippen molar-refractivity contribution in [2.45, 2.75) is 24.4 Å². The molecule has 29 heavy (non-hydrogen) atoms. The summed E-state index contributed by atoms with van der Waals surface area (Å²) >= 11 is 6.02. The number of nitro groups is 1. The van der Waals surface area contributed by atoms with Crippen LogP contribution in [0.5, 0.6) is 0 Å². The average molecular weight is 432 g/mol. The van der Waals surface area contributed by atoms with E-state index in [2.05, 4.69) is 0 Å². The molecule has 1 aliphatic heterocycles. The Balaban J connectivity index is 1.87. The van der Waals surface area contributed by atoms with Crippen LogP contribution in [-0.2, 0) is 16.6 Å². The summed E-state index contributed by atoms with van der Waals surface area (Å²) in [5.74, 6) is 0. The van der Waals surface area contributed by atoms with Crippen molar-refractivity contribution in [2.24, 2.45) is 0 Å². The number of benzene rings is 2. The number of non-ortho nitro benzene ring substituents is 1. The summed E-state index contributed by atoms with van der Waals surface area (Å²) in [4.78, 5) is 10.6. The molecule has 0 aliphatic carbocycles. The molecule has 0 bridgehead atoms. The number of hydrogen-bond donors (Lipinski definition) is 0. The van der Waals surface area contributed by atoms with E-state index >= 15 is 0 Å². The quantitative estimate of drug-likeness (QED) is 0.458. The van der Waals surface area contributed by atoms with Gasteiger partial charge in [-0.05, 0) is 42.3 Å². The minimum atomic E-state index is -3.99. The molecule has 0 saturated heterocycles. The number of nitro benzene ring substituents is 1. The highest BCUT2D eigenvalue weighted by molar-refractivity contribution is 7.89. The normalized spacial score (nSPS) is 17.1. The lowest BCUT2D eigenvalue weighted by molar-refractivity contribution is -0.385. The number of nitrogens with zero attached hydrogens (tertiary/aromatic N) is 3. The van der Waals surface area contributed by atoms with Crippen molar-refractivity contribution in [2.75, 3.05) is 6.54 Å². The second kappa shape index (κ2) is 7.29. The summed E-state index contributed by atoms with van der Waals surface area (Å²) in [6, 6.07) is 14.2. The largest absolute Gasteiger partial charge is 0.348 e. The molecule has 2 aromatic carbocycles. The second-order valence-corrected chi connectivity index (χ2v) is 9.20. The maximum Gasteiger partial charge on any atom is 0.270 e. The third kappa shape index (κ3) is 3.43. The van der Waals surface area contributed by atoms with Gasteiger partial charge in [-0.15, -0.1) is 0 Å². The van der Waals surface area contributed by atoms with Gasteiger partial charge in [0.05, 0.1) is 15.9 Å². The summed E-state index contributed by atoms with van der Waals surface area (Å²) < 4.78 is 30.7. The summed E-state index contributed by atoms with van der Waals surface area (Å²) in [7, 11) is -3.99. The minimum absolute atomic E-state index is 0.0503. The molecule has 1 aliphatic rings. The molecule has 1 atom stereocenters. The van der Waals surface area contributed by atoms with Gasteiger partial charge in [0.2, 0.25) is 10.0 Å². The molecule has 9 heteroatoms. The molecule has 0 amide bonds. The zero-order valence-corrected chi connectivity index (χ0v) is 17.1. The van der Waals surface area contributed by atoms with Crippen LogP contribution in [0.1, 0.15) is 22.9 Å². The molecular formula is C20H18ClN3O4S. The third-order valence-electron chi connectivity index (χ3n) is 5.15. The van der Waals surface area contributed by atoms with Gasteiger partial charge in [-0.3, -0.25) is 10.1 Å². The van der Waals surface area contributed by atoms with E-state index in [0.717, 1.165) is 17.3 Å². The summed E-state index contributed by atoms with van der Waals surface area (Å²) in [5, 5.41) is 11.8. The standard InChI is InChI=1S/C20H18ClN3O4S/c1-14-4-9-17(24(25)26)13-19(14)29(27,28)23-12-11-22-10-2-3-18(22)20(23)15-5-7-16(21)8-6-15/h2-10,13,20H,11-12H2,1H3/t20-/m0/s1. The van der Waals surface area contributed by atoms with E-state index < -0.39 is 21.0 Å². The number of fused-ring (bicyclic) bond motifs is 1. The second-order valence-electron chi connectivity index (χ2n) is 6.90. The van der Waals surface area contributed by atoms with E-state index in [4.69, 9.17) is 11.6 Å². The number of hydrogen-bond acceptors (Lipinski definition) is 4. The smallest absolute Gasteiger partial charge is 0.270 e. The highest BCUT2D eigenvalue weighted by Gasteiger charge is 2.38. The molecule has 3 aromatic rings. The molecule has 2 heterocycles. The fourth-order valence-corrected chi connectivity index (χ4v) is 5.66. The van der Waals surface area contributed by atoms with Gasteiger partial charge >= 0.3 is 0 Å². The molecule has 1 aromatic heterocycles. The van der Waals surface area contributed by atoms with Gasteiger partial charge in [0.1, 0.15) is 0 Å². The molecule has 0 radical (unpaired) electrons. The zero-order valence-electron chi connectivity index (χ0n) is 15.5. The predicted molar refractivity (Wildman–Crippen MR) is 109 cm³/mol. The Kier molecular flexibility index (Phi) is 4.94. The fourth-order valence-electron chi connectivity index (χ4n) is 3.71. The Labute approximate surface area is 173 Å². The van der Waals surface area contributed by atoms with Crippen molar-refractivity contribution in [1.29, 1.82) is 0 Å². The predicted octanol–water partition coefficient (Wildman–Crippen LogP) is 4.15. The summed E-state index contributed by atoms with van der Waals surface area (Å²) in [5.41, 5.74) is 1.83. The highest BCUT2D eigenvalue weighted by atomic mass is 35.5. The van der Waals surface area contributed by atoms with E-state index in [0.29, 0.717) is 17.1 Å². The third-order valence-corrected chi connectivity index (χ3v) is 7.41. The Morgan fingerprint density at radius 3 is 2.52 bits per heavy atom. The zero-order chi connectivity index (χ0) is 20.8. The van der Waals surface area contributed by atoms with E-state index in [9.17, 15) is 18.5 Å². The van der Waals surface area contributed by atoms with Crippen LogP contribution in [0, 0.1) is 17.0 Å². The lowest BCUT2D eigenvalue weighted by Gasteiger charge is -2.36. The van der Waals surface area contributed by atoms with Crippen LogP contribution in [0.4, 0.5) is 5.69 Å². The van der Waals surface area contributed by atoms with Crippen molar-refractivity contribution < 1.29 is 13.3 Å². The topological polar surface area (TPSA) is 85.4 Å². The molecule has 0 fully saturated rings. The van der Waals surface area contributed by atoms with Crippen molar-refractivity contribution in [1.82, 2.24) is 8.87 Å². The molecule has 150 valence electrons. The minimum Gasteiger partial charge on any atom is -0.348 e. The molecule has 0 N–H and O–H groups in total. The van der Waals surface area contributed by atoms with Crippen molar-refractivity contribution in [3.05, 3.63) is 92.8 Å². The Bertz CT molecular complexity index is 1190. The highest BCUT2D eigenvalue weighted by Crippen LogP contribution is 2.38. The van der Waals surface area contributed by atoms with Crippen LogP contribution < -0.4 is 0 Å². The fraction of sp³-hybridized carbons (Fsp3) is 0.200. The van der Waals surface area contributed by atoms with Crippen LogP contribution in [0.2, 0.25) is 5.02 Å². The van der Waals surface area contributed by atoms with E-state index in [1.807, 2.05) is 22.9 Å². The number of rotatable bonds is 4. The van der Waals surface area contributed by atoms with Crippen molar-refractivity contribution in [3.63, 3.8) is 0 Å². The van der Waals surface area contributed by atoms with Crippen molar-refractivity contribution in [3.8, 4) is 0 Å². The molecule has 0 unspecified atom stereocenters. The van der Waals surface area contributed by atoms with Crippen molar-refractivity contribution >= 4 is 27.3 Å². The molecule has 7 nitrogen and oxygen atoms in total. The molecule has 0 spiro atoms. The van der Waals surface area contributed by atoms with Crippen LogP contribution >= 0.6 is 11.6 Å². The van der Waals surface area contributed by atoms with Gasteiger partial charge < -0.3 is 4.57 Å². The maximum absolute atomic E-state index is 13.6. The first-order chi connectivity index (χ1) is 13.8.